The molecule has 1 heterocycles. The maximum Gasteiger partial charge on any atom is 0.222 e. The van der Waals surface area contributed by atoms with Crippen molar-refractivity contribution >= 4 is 16.7 Å². The van der Waals surface area contributed by atoms with Crippen LogP contribution in [0.4, 0.5) is 0 Å². The first-order valence-electron chi connectivity index (χ1n) is 10.3. The number of fused-ring (bicyclic) bond motifs is 1. The van der Waals surface area contributed by atoms with Crippen molar-refractivity contribution < 1.29 is 9.53 Å². The predicted molar refractivity (Wildman–Crippen MR) is 115 cm³/mol. The van der Waals surface area contributed by atoms with Crippen LogP contribution in [0.2, 0.25) is 0 Å². The standard InChI is InChI=1S/C24H27N3O2/c25-22(17-5-2-1-3-6-17)15-24(28)27-19-9-11-20(12-10-19)29-23-8-4-7-18-16-26-14-13-21(18)23/h1-8,13-14,16,19-20,22H,9-12,15,25H2,(H,27,28). The summed E-state index contributed by atoms with van der Waals surface area (Å²) in [6.07, 6.45) is 7.83. The van der Waals surface area contributed by atoms with Crippen molar-refractivity contribution in [2.45, 2.75) is 50.3 Å². The summed E-state index contributed by atoms with van der Waals surface area (Å²) in [6, 6.07) is 17.7. The largest absolute Gasteiger partial charge is 0.490 e. The number of nitrogens with zero attached hydrogens (tertiary/aromatic N) is 1. The molecule has 1 saturated carbocycles. The van der Waals surface area contributed by atoms with E-state index in [1.165, 1.54) is 0 Å². The van der Waals surface area contributed by atoms with Crippen molar-refractivity contribution in [1.29, 1.82) is 0 Å². The van der Waals surface area contributed by atoms with Gasteiger partial charge in [-0.1, -0.05) is 42.5 Å². The monoisotopic (exact) mass is 389 g/mol. The third-order valence-corrected chi connectivity index (χ3v) is 5.61. The number of hydrogen-bond donors (Lipinski definition) is 2. The summed E-state index contributed by atoms with van der Waals surface area (Å²) in [5, 5.41) is 5.33. The van der Waals surface area contributed by atoms with E-state index in [1.807, 2.05) is 60.8 Å². The molecule has 1 aliphatic rings. The fourth-order valence-corrected chi connectivity index (χ4v) is 4.00. The van der Waals surface area contributed by atoms with Crippen molar-refractivity contribution in [2.75, 3.05) is 0 Å². The molecule has 5 heteroatoms. The van der Waals surface area contributed by atoms with Gasteiger partial charge in [-0.25, -0.2) is 0 Å². The molecule has 3 aromatic rings. The minimum absolute atomic E-state index is 0.0206. The fraction of sp³-hybridized carbons (Fsp3) is 0.333. The van der Waals surface area contributed by atoms with Crippen LogP contribution in [0.3, 0.4) is 0 Å². The van der Waals surface area contributed by atoms with Crippen LogP contribution in [0.15, 0.2) is 67.0 Å². The second-order valence-electron chi connectivity index (χ2n) is 7.73. The van der Waals surface area contributed by atoms with E-state index in [-0.39, 0.29) is 24.1 Å². The van der Waals surface area contributed by atoms with Gasteiger partial charge in [0.1, 0.15) is 5.75 Å². The third kappa shape index (κ3) is 4.93. The van der Waals surface area contributed by atoms with Crippen molar-refractivity contribution in [2.24, 2.45) is 5.73 Å². The Labute approximate surface area is 171 Å². The van der Waals surface area contributed by atoms with E-state index in [2.05, 4.69) is 10.3 Å². The smallest absolute Gasteiger partial charge is 0.222 e. The summed E-state index contributed by atoms with van der Waals surface area (Å²) >= 11 is 0. The molecular weight excluding hydrogens is 362 g/mol. The number of benzene rings is 2. The summed E-state index contributed by atoms with van der Waals surface area (Å²) in [6.45, 7) is 0. The third-order valence-electron chi connectivity index (χ3n) is 5.61. The van der Waals surface area contributed by atoms with Crippen LogP contribution in [-0.2, 0) is 4.79 Å². The topological polar surface area (TPSA) is 77.2 Å². The van der Waals surface area contributed by atoms with Gasteiger partial charge >= 0.3 is 0 Å². The maximum atomic E-state index is 12.4. The SMILES string of the molecule is NC(CC(=O)NC1CCC(Oc2cccc3cnccc23)CC1)c1ccccc1. The lowest BCUT2D eigenvalue weighted by atomic mass is 9.92. The maximum absolute atomic E-state index is 12.4. The van der Waals surface area contributed by atoms with Gasteiger partial charge in [0.25, 0.3) is 0 Å². The molecular formula is C24H27N3O2. The highest BCUT2D eigenvalue weighted by Crippen LogP contribution is 2.29. The Balaban J connectivity index is 1.26. The minimum Gasteiger partial charge on any atom is -0.490 e. The number of hydrogen-bond acceptors (Lipinski definition) is 4. The molecule has 150 valence electrons. The van der Waals surface area contributed by atoms with Gasteiger partial charge in [0.05, 0.1) is 6.10 Å². The Morgan fingerprint density at radius 1 is 1.07 bits per heavy atom. The molecule has 1 fully saturated rings. The normalized spacial score (nSPS) is 20.2. The van der Waals surface area contributed by atoms with Crippen LogP contribution in [0.1, 0.15) is 43.7 Å². The number of nitrogens with two attached hydrogens (primary N) is 1. The second-order valence-corrected chi connectivity index (χ2v) is 7.73. The molecule has 1 unspecified atom stereocenters. The molecule has 0 bridgehead atoms. The number of carbonyl (C=O) groups excluding carboxylic acids is 1. The van der Waals surface area contributed by atoms with Crippen molar-refractivity contribution in [3.8, 4) is 5.75 Å². The van der Waals surface area contributed by atoms with E-state index in [0.717, 1.165) is 47.8 Å². The molecule has 0 aliphatic heterocycles. The van der Waals surface area contributed by atoms with E-state index < -0.39 is 0 Å². The van der Waals surface area contributed by atoms with Gasteiger partial charge in [-0.15, -0.1) is 0 Å². The Kier molecular flexibility index (Phi) is 6.06. The number of pyridine rings is 1. The summed E-state index contributed by atoms with van der Waals surface area (Å²) in [4.78, 5) is 16.6. The molecule has 4 rings (SSSR count). The summed E-state index contributed by atoms with van der Waals surface area (Å²) < 4.78 is 6.28. The van der Waals surface area contributed by atoms with Crippen LogP contribution >= 0.6 is 0 Å². The number of carbonyl (C=O) groups is 1. The predicted octanol–water partition coefficient (Wildman–Crippen LogP) is 4.13. The quantitative estimate of drug-likeness (QED) is 0.664. The molecule has 0 spiro atoms. The average molecular weight is 389 g/mol. The molecule has 5 nitrogen and oxygen atoms in total. The van der Waals surface area contributed by atoms with Crippen LogP contribution in [0.25, 0.3) is 10.8 Å². The Morgan fingerprint density at radius 2 is 1.86 bits per heavy atom. The Bertz CT molecular complexity index is 947. The molecule has 1 aromatic heterocycles. The molecule has 1 atom stereocenters. The Hall–Kier alpha value is -2.92. The van der Waals surface area contributed by atoms with Gasteiger partial charge in [0.2, 0.25) is 5.91 Å². The van der Waals surface area contributed by atoms with E-state index >= 15 is 0 Å². The number of amides is 1. The minimum atomic E-state index is -0.267. The van der Waals surface area contributed by atoms with Crippen molar-refractivity contribution in [3.05, 3.63) is 72.6 Å². The van der Waals surface area contributed by atoms with E-state index in [4.69, 9.17) is 10.5 Å². The van der Waals surface area contributed by atoms with E-state index in [1.54, 1.807) is 6.20 Å². The molecule has 1 aliphatic carbocycles. The molecule has 0 radical (unpaired) electrons. The lowest BCUT2D eigenvalue weighted by Gasteiger charge is -2.30. The molecule has 3 N–H and O–H groups in total. The van der Waals surface area contributed by atoms with Gasteiger partial charge < -0.3 is 15.8 Å². The first kappa shape index (κ1) is 19.4. The first-order valence-corrected chi connectivity index (χ1v) is 10.3. The van der Waals surface area contributed by atoms with Gasteiger partial charge in [-0.3, -0.25) is 9.78 Å². The zero-order valence-electron chi connectivity index (χ0n) is 16.5. The van der Waals surface area contributed by atoms with E-state index in [9.17, 15) is 4.79 Å². The van der Waals surface area contributed by atoms with E-state index in [0.29, 0.717) is 6.42 Å². The van der Waals surface area contributed by atoms with Crippen LogP contribution in [0, 0.1) is 0 Å². The lowest BCUT2D eigenvalue weighted by molar-refractivity contribution is -0.122. The number of ether oxygens (including phenoxy) is 1. The van der Waals surface area contributed by atoms with Crippen LogP contribution < -0.4 is 15.8 Å². The van der Waals surface area contributed by atoms with Crippen LogP contribution in [-0.4, -0.2) is 23.0 Å². The number of aromatic nitrogens is 1. The van der Waals surface area contributed by atoms with Gasteiger partial charge in [-0.2, -0.15) is 0 Å². The van der Waals surface area contributed by atoms with Crippen LogP contribution in [0.5, 0.6) is 5.75 Å². The van der Waals surface area contributed by atoms with Gasteiger partial charge in [-0.05, 0) is 43.4 Å². The molecule has 1 amide bonds. The van der Waals surface area contributed by atoms with Crippen molar-refractivity contribution in [3.63, 3.8) is 0 Å². The summed E-state index contributed by atoms with van der Waals surface area (Å²) in [5.41, 5.74) is 7.16. The van der Waals surface area contributed by atoms with Gasteiger partial charge in [0.15, 0.2) is 0 Å². The van der Waals surface area contributed by atoms with Crippen molar-refractivity contribution in [1.82, 2.24) is 10.3 Å². The first-order chi connectivity index (χ1) is 14.2. The lowest BCUT2D eigenvalue weighted by Crippen LogP contribution is -2.40. The van der Waals surface area contributed by atoms with Gasteiger partial charge in [0, 0.05) is 41.7 Å². The zero-order valence-corrected chi connectivity index (χ0v) is 16.5. The molecule has 0 saturated heterocycles. The highest BCUT2D eigenvalue weighted by Gasteiger charge is 2.24. The zero-order chi connectivity index (χ0) is 20.1. The number of rotatable bonds is 6. The Morgan fingerprint density at radius 3 is 2.66 bits per heavy atom. The molecule has 2 aromatic carbocycles. The average Bonchev–Trinajstić information content (AvgIpc) is 2.76. The number of nitrogens with one attached hydrogen (secondary N) is 1. The highest BCUT2D eigenvalue weighted by molar-refractivity contribution is 5.87. The highest BCUT2D eigenvalue weighted by atomic mass is 16.5. The fourth-order valence-electron chi connectivity index (χ4n) is 4.00. The summed E-state index contributed by atoms with van der Waals surface area (Å²) in [5.74, 6) is 0.929. The molecule has 29 heavy (non-hydrogen) atoms. The summed E-state index contributed by atoms with van der Waals surface area (Å²) in [7, 11) is 0. The second kappa shape index (κ2) is 9.05.